The number of hydrogen-bond acceptors (Lipinski definition) is 9. The Balaban J connectivity index is 1.01. The lowest BCUT2D eigenvalue weighted by Crippen LogP contribution is -2.51. The third kappa shape index (κ3) is 5.63. The van der Waals surface area contributed by atoms with E-state index >= 15 is 0 Å². The zero-order chi connectivity index (χ0) is 28.6. The Morgan fingerprint density at radius 2 is 1.69 bits per heavy atom. The topological polar surface area (TPSA) is 116 Å². The van der Waals surface area contributed by atoms with E-state index in [0.29, 0.717) is 49.2 Å². The molecule has 216 valence electrons. The van der Waals surface area contributed by atoms with Crippen LogP contribution in [0.15, 0.2) is 42.7 Å². The number of benzene rings is 1. The zero-order valence-electron chi connectivity index (χ0n) is 23.1. The summed E-state index contributed by atoms with van der Waals surface area (Å²) in [7, 11) is 0. The van der Waals surface area contributed by atoms with Crippen molar-refractivity contribution in [2.75, 3.05) is 36.8 Å². The van der Waals surface area contributed by atoms with E-state index in [2.05, 4.69) is 25.6 Å². The van der Waals surface area contributed by atoms with Crippen LogP contribution in [0.5, 0.6) is 0 Å². The summed E-state index contributed by atoms with van der Waals surface area (Å²) in [6.45, 7) is 2.14. The van der Waals surface area contributed by atoms with E-state index in [9.17, 15) is 14.0 Å². The maximum Gasteiger partial charge on any atom is 0.255 e. The van der Waals surface area contributed by atoms with E-state index in [-0.39, 0.29) is 29.4 Å². The lowest BCUT2D eigenvalue weighted by molar-refractivity contribution is -0.134. The van der Waals surface area contributed by atoms with Crippen LogP contribution in [0.1, 0.15) is 48.9 Å². The number of piperazine rings is 1. The van der Waals surface area contributed by atoms with Gasteiger partial charge in [0.25, 0.3) is 5.91 Å². The van der Waals surface area contributed by atoms with Crippen molar-refractivity contribution in [1.29, 1.82) is 0 Å². The van der Waals surface area contributed by atoms with Crippen LogP contribution >= 0.6 is 11.3 Å². The fraction of sp³-hybridized carbons (Fsp3) is 0.400. The summed E-state index contributed by atoms with van der Waals surface area (Å²) < 4.78 is 15.8. The fourth-order valence-electron chi connectivity index (χ4n) is 5.62. The Morgan fingerprint density at radius 3 is 2.43 bits per heavy atom. The largest absolute Gasteiger partial charge is 0.359 e. The number of thiazole rings is 1. The Hall–Kier alpha value is -4.19. The third-order valence-electron chi connectivity index (χ3n) is 8.14. The summed E-state index contributed by atoms with van der Waals surface area (Å²) in [4.78, 5) is 46.5. The molecule has 2 saturated carbocycles. The maximum atomic E-state index is 14.8. The molecule has 0 atom stereocenters. The van der Waals surface area contributed by atoms with Crippen molar-refractivity contribution in [1.82, 2.24) is 29.7 Å². The molecule has 4 aromatic rings. The van der Waals surface area contributed by atoms with Gasteiger partial charge in [0.1, 0.15) is 11.5 Å². The average Bonchev–Trinajstić information content (AvgIpc) is 3.60. The molecule has 7 rings (SSSR count). The molecule has 3 aromatic heterocycles. The van der Waals surface area contributed by atoms with Gasteiger partial charge < -0.3 is 20.4 Å². The summed E-state index contributed by atoms with van der Waals surface area (Å²) >= 11 is 1.56. The first-order valence-corrected chi connectivity index (χ1v) is 15.3. The molecule has 10 nitrogen and oxygen atoms in total. The van der Waals surface area contributed by atoms with Gasteiger partial charge in [-0.05, 0) is 49.9 Å². The number of fused-ring (bicyclic) bond motifs is 1. The molecule has 1 saturated heterocycles. The molecule has 2 aliphatic carbocycles. The molecular formula is C30H31FN8O2S. The molecule has 3 aliphatic rings. The Kier molecular flexibility index (Phi) is 7.14. The molecule has 0 radical (unpaired) electrons. The molecule has 0 spiro atoms. The zero-order valence-corrected chi connectivity index (χ0v) is 23.9. The molecule has 0 unspecified atom stereocenters. The van der Waals surface area contributed by atoms with E-state index in [0.717, 1.165) is 47.2 Å². The maximum absolute atomic E-state index is 14.8. The van der Waals surface area contributed by atoms with Gasteiger partial charge in [-0.25, -0.2) is 24.3 Å². The van der Waals surface area contributed by atoms with Gasteiger partial charge in [-0.1, -0.05) is 30.2 Å². The molecule has 12 heteroatoms. The molecule has 4 heterocycles. The van der Waals surface area contributed by atoms with Crippen LogP contribution in [-0.2, 0) is 4.79 Å². The number of rotatable bonds is 7. The SMILES string of the molecule is O=C(c1ccc(Nc2ncc(F)c(-c3ccc4nc(NC5CCCC5)sc4c3)n2)nc1)N1CCN(C(=O)C2CC2)CC1. The van der Waals surface area contributed by atoms with Gasteiger partial charge in [0.05, 0.1) is 22.0 Å². The van der Waals surface area contributed by atoms with Crippen LogP contribution < -0.4 is 10.6 Å². The van der Waals surface area contributed by atoms with Crippen molar-refractivity contribution in [3.8, 4) is 11.3 Å². The first-order valence-electron chi connectivity index (χ1n) is 14.5. The van der Waals surface area contributed by atoms with Crippen LogP contribution in [0.2, 0.25) is 0 Å². The van der Waals surface area contributed by atoms with Crippen LogP contribution in [0, 0.1) is 11.7 Å². The number of nitrogens with one attached hydrogen (secondary N) is 2. The first kappa shape index (κ1) is 26.7. The summed E-state index contributed by atoms with van der Waals surface area (Å²) in [6.07, 6.45) is 9.43. The average molecular weight is 587 g/mol. The summed E-state index contributed by atoms with van der Waals surface area (Å²) in [6, 6.07) is 9.45. The smallest absolute Gasteiger partial charge is 0.255 e. The number of anilines is 3. The van der Waals surface area contributed by atoms with E-state index in [1.165, 1.54) is 19.0 Å². The van der Waals surface area contributed by atoms with Crippen molar-refractivity contribution in [3.05, 3.63) is 54.1 Å². The molecule has 2 N–H and O–H groups in total. The van der Waals surface area contributed by atoms with Gasteiger partial charge in [-0.2, -0.15) is 0 Å². The van der Waals surface area contributed by atoms with Crippen molar-refractivity contribution >= 4 is 50.3 Å². The summed E-state index contributed by atoms with van der Waals surface area (Å²) in [5.41, 5.74) is 2.14. The Bertz CT molecular complexity index is 1630. The van der Waals surface area contributed by atoms with E-state index in [1.807, 2.05) is 23.1 Å². The number of hydrogen-bond donors (Lipinski definition) is 2. The number of amides is 2. The van der Waals surface area contributed by atoms with Crippen molar-refractivity contribution in [2.24, 2.45) is 5.92 Å². The second-order valence-corrected chi connectivity index (χ2v) is 12.2. The van der Waals surface area contributed by atoms with Gasteiger partial charge in [0, 0.05) is 49.9 Å². The number of carbonyl (C=O) groups is 2. The van der Waals surface area contributed by atoms with Crippen LogP contribution in [0.3, 0.4) is 0 Å². The minimum absolute atomic E-state index is 0.118. The van der Waals surface area contributed by atoms with E-state index < -0.39 is 5.82 Å². The third-order valence-corrected chi connectivity index (χ3v) is 9.09. The predicted molar refractivity (Wildman–Crippen MR) is 159 cm³/mol. The van der Waals surface area contributed by atoms with Gasteiger partial charge in [-0.3, -0.25) is 9.59 Å². The molecule has 2 amide bonds. The minimum Gasteiger partial charge on any atom is -0.359 e. The van der Waals surface area contributed by atoms with Crippen LogP contribution in [0.25, 0.3) is 21.5 Å². The number of aromatic nitrogens is 4. The summed E-state index contributed by atoms with van der Waals surface area (Å²) in [5, 5.41) is 7.43. The predicted octanol–water partition coefficient (Wildman–Crippen LogP) is 5.08. The lowest BCUT2D eigenvalue weighted by atomic mass is 10.1. The van der Waals surface area contributed by atoms with Gasteiger partial charge >= 0.3 is 0 Å². The molecular weight excluding hydrogens is 555 g/mol. The monoisotopic (exact) mass is 586 g/mol. The minimum atomic E-state index is -0.526. The second-order valence-electron chi connectivity index (χ2n) is 11.2. The lowest BCUT2D eigenvalue weighted by Gasteiger charge is -2.34. The highest BCUT2D eigenvalue weighted by Gasteiger charge is 2.35. The highest BCUT2D eigenvalue weighted by Crippen LogP contribution is 2.33. The molecule has 3 fully saturated rings. The van der Waals surface area contributed by atoms with Gasteiger partial charge in [-0.15, -0.1) is 0 Å². The quantitative estimate of drug-likeness (QED) is 0.308. The van der Waals surface area contributed by atoms with Crippen molar-refractivity contribution in [3.63, 3.8) is 0 Å². The Morgan fingerprint density at radius 1 is 0.905 bits per heavy atom. The highest BCUT2D eigenvalue weighted by atomic mass is 32.1. The Labute approximate surface area is 246 Å². The second kappa shape index (κ2) is 11.2. The number of pyridine rings is 1. The van der Waals surface area contributed by atoms with Gasteiger partial charge in [0.2, 0.25) is 11.9 Å². The fourth-order valence-corrected chi connectivity index (χ4v) is 6.60. The van der Waals surface area contributed by atoms with E-state index in [4.69, 9.17) is 4.98 Å². The number of nitrogens with zero attached hydrogens (tertiary/aromatic N) is 6. The molecule has 42 heavy (non-hydrogen) atoms. The molecule has 0 bridgehead atoms. The van der Waals surface area contributed by atoms with Crippen LogP contribution in [-0.4, -0.2) is 73.8 Å². The first-order chi connectivity index (χ1) is 20.5. The molecule has 1 aromatic carbocycles. The van der Waals surface area contributed by atoms with E-state index in [1.54, 1.807) is 28.4 Å². The van der Waals surface area contributed by atoms with Crippen molar-refractivity contribution in [2.45, 2.75) is 44.6 Å². The number of halogens is 1. The van der Waals surface area contributed by atoms with Crippen molar-refractivity contribution < 1.29 is 14.0 Å². The van der Waals surface area contributed by atoms with Gasteiger partial charge in [0.15, 0.2) is 10.9 Å². The standard InChI is InChI=1S/C30H31FN8O2S/c31-22-17-33-29(37-26(22)19-7-9-23-24(15-19)42-30(35-23)34-21-3-1-2-4-21)36-25-10-8-20(16-32-25)28(41)39-13-11-38(12-14-39)27(40)18-5-6-18/h7-10,15-18,21H,1-6,11-14H2,(H,34,35)(H,32,33,36,37). The van der Waals surface area contributed by atoms with Crippen LogP contribution in [0.4, 0.5) is 21.3 Å². The molecule has 1 aliphatic heterocycles. The number of carbonyl (C=O) groups excluding carboxylic acids is 2. The normalized spacial score (nSPS) is 17.5. The summed E-state index contributed by atoms with van der Waals surface area (Å²) in [5.74, 6) is 0.397. The highest BCUT2D eigenvalue weighted by molar-refractivity contribution is 7.22.